The molecule has 0 bridgehead atoms. The molecule has 1 atom stereocenters. The number of nitrogens with zero attached hydrogens (tertiary/aromatic N) is 3. The molecule has 1 saturated carbocycles. The fraction of sp³-hybridized carbons (Fsp3) is 0.474. The van der Waals surface area contributed by atoms with Gasteiger partial charge in [-0.3, -0.25) is 9.69 Å². The van der Waals surface area contributed by atoms with Gasteiger partial charge in [-0.05, 0) is 31.2 Å². The summed E-state index contributed by atoms with van der Waals surface area (Å²) in [5.74, 6) is 0.582. The Kier molecular flexibility index (Phi) is 4.45. The lowest BCUT2D eigenvalue weighted by Crippen LogP contribution is -2.38. The molecule has 1 aromatic carbocycles. The van der Waals surface area contributed by atoms with Crippen LogP contribution in [-0.4, -0.2) is 40.5 Å². The van der Waals surface area contributed by atoms with Crippen LogP contribution in [0.5, 0.6) is 0 Å². The van der Waals surface area contributed by atoms with E-state index in [1.165, 1.54) is 12.8 Å². The van der Waals surface area contributed by atoms with Gasteiger partial charge in [0.2, 0.25) is 0 Å². The van der Waals surface area contributed by atoms with Crippen molar-refractivity contribution in [3.05, 3.63) is 52.8 Å². The van der Waals surface area contributed by atoms with Gasteiger partial charge in [-0.1, -0.05) is 30.3 Å². The lowest BCUT2D eigenvalue weighted by Gasteiger charge is -2.25. The minimum Gasteiger partial charge on any atom is -0.381 e. The number of aromatic nitrogens is 2. The van der Waals surface area contributed by atoms with Crippen molar-refractivity contribution in [2.45, 2.75) is 32.0 Å². The van der Waals surface area contributed by atoms with Crippen molar-refractivity contribution in [2.75, 3.05) is 19.8 Å². The molecule has 0 spiro atoms. The Morgan fingerprint density at radius 1 is 1.12 bits per heavy atom. The Bertz CT molecular complexity index is 734. The third kappa shape index (κ3) is 3.57. The van der Waals surface area contributed by atoms with E-state index in [1.54, 1.807) is 16.8 Å². The van der Waals surface area contributed by atoms with Gasteiger partial charge in [0, 0.05) is 30.8 Å². The number of benzene rings is 1. The molecule has 5 heteroatoms. The maximum absolute atomic E-state index is 12.3. The highest BCUT2D eigenvalue weighted by atomic mass is 16.5. The van der Waals surface area contributed by atoms with E-state index in [0.29, 0.717) is 18.6 Å². The maximum atomic E-state index is 12.3. The number of hydrogen-bond acceptors (Lipinski definition) is 4. The monoisotopic (exact) mass is 325 g/mol. The van der Waals surface area contributed by atoms with Gasteiger partial charge in [0.05, 0.1) is 19.0 Å². The Morgan fingerprint density at radius 2 is 1.96 bits per heavy atom. The maximum Gasteiger partial charge on any atom is 0.268 e. The average Bonchev–Trinajstić information content (AvgIpc) is 3.34. The van der Waals surface area contributed by atoms with E-state index in [1.807, 2.05) is 30.3 Å². The van der Waals surface area contributed by atoms with Gasteiger partial charge in [0.15, 0.2) is 0 Å². The van der Waals surface area contributed by atoms with Gasteiger partial charge >= 0.3 is 0 Å². The molecule has 1 aliphatic carbocycles. The van der Waals surface area contributed by atoms with Crippen LogP contribution >= 0.6 is 0 Å². The topological polar surface area (TPSA) is 47.4 Å². The third-order valence-corrected chi connectivity index (χ3v) is 4.83. The van der Waals surface area contributed by atoms with E-state index in [0.717, 1.165) is 37.4 Å². The molecular weight excluding hydrogens is 302 g/mol. The molecule has 2 heterocycles. The van der Waals surface area contributed by atoms with E-state index in [2.05, 4.69) is 10.00 Å². The molecule has 5 nitrogen and oxygen atoms in total. The van der Waals surface area contributed by atoms with Crippen molar-refractivity contribution in [2.24, 2.45) is 5.92 Å². The highest BCUT2D eigenvalue weighted by Gasteiger charge is 2.32. The Balaban J connectivity index is 1.54. The van der Waals surface area contributed by atoms with Crippen LogP contribution in [0.2, 0.25) is 0 Å². The van der Waals surface area contributed by atoms with Crippen molar-refractivity contribution in [3.63, 3.8) is 0 Å². The summed E-state index contributed by atoms with van der Waals surface area (Å²) in [5.41, 5.74) is 1.84. The number of hydrogen-bond donors (Lipinski definition) is 0. The van der Waals surface area contributed by atoms with E-state index < -0.39 is 0 Å². The minimum absolute atomic E-state index is 0.0389. The van der Waals surface area contributed by atoms with Crippen molar-refractivity contribution < 1.29 is 4.74 Å². The van der Waals surface area contributed by atoms with Gasteiger partial charge in [-0.15, -0.1) is 0 Å². The summed E-state index contributed by atoms with van der Waals surface area (Å²) in [7, 11) is 0. The zero-order valence-corrected chi connectivity index (χ0v) is 13.8. The first kappa shape index (κ1) is 15.5. The summed E-state index contributed by atoms with van der Waals surface area (Å²) in [6.07, 6.45) is 3.57. The van der Waals surface area contributed by atoms with Crippen LogP contribution in [-0.2, 0) is 11.4 Å². The quantitative estimate of drug-likeness (QED) is 0.818. The zero-order chi connectivity index (χ0) is 16.4. The molecule has 1 unspecified atom stereocenters. The number of rotatable bonds is 6. The lowest BCUT2D eigenvalue weighted by atomic mass is 10.1. The van der Waals surface area contributed by atoms with Crippen molar-refractivity contribution in [1.82, 2.24) is 14.7 Å². The first-order valence-electron chi connectivity index (χ1n) is 8.75. The molecule has 1 aromatic heterocycles. The molecule has 2 aromatic rings. The largest absolute Gasteiger partial charge is 0.381 e. The average molecular weight is 325 g/mol. The fourth-order valence-electron chi connectivity index (χ4n) is 3.31. The first-order chi connectivity index (χ1) is 11.8. The second-order valence-electron chi connectivity index (χ2n) is 6.80. The second kappa shape index (κ2) is 6.87. The van der Waals surface area contributed by atoms with Crippen LogP contribution in [0.3, 0.4) is 0 Å². The van der Waals surface area contributed by atoms with Gasteiger partial charge in [0.25, 0.3) is 5.56 Å². The highest BCUT2D eigenvalue weighted by molar-refractivity contribution is 5.57. The van der Waals surface area contributed by atoms with Gasteiger partial charge < -0.3 is 4.74 Å². The zero-order valence-electron chi connectivity index (χ0n) is 13.8. The molecule has 2 aliphatic rings. The van der Waals surface area contributed by atoms with Crippen LogP contribution in [0, 0.1) is 5.92 Å². The Morgan fingerprint density at radius 3 is 2.67 bits per heavy atom. The Labute approximate surface area is 141 Å². The van der Waals surface area contributed by atoms with Crippen LogP contribution < -0.4 is 5.56 Å². The Hall–Kier alpha value is -1.98. The predicted octanol–water partition coefficient (Wildman–Crippen LogP) is 2.37. The molecule has 4 rings (SSSR count). The van der Waals surface area contributed by atoms with Crippen LogP contribution in [0.1, 0.15) is 19.3 Å². The summed E-state index contributed by atoms with van der Waals surface area (Å²) in [5, 5.41) is 4.60. The summed E-state index contributed by atoms with van der Waals surface area (Å²) in [6.45, 7) is 3.27. The second-order valence-corrected chi connectivity index (χ2v) is 6.80. The van der Waals surface area contributed by atoms with Crippen molar-refractivity contribution in [3.8, 4) is 11.3 Å². The van der Waals surface area contributed by atoms with E-state index in [9.17, 15) is 4.79 Å². The van der Waals surface area contributed by atoms with Gasteiger partial charge in [-0.2, -0.15) is 5.10 Å². The summed E-state index contributed by atoms with van der Waals surface area (Å²) in [6, 6.07) is 14.0. The van der Waals surface area contributed by atoms with E-state index in [-0.39, 0.29) is 5.56 Å². The van der Waals surface area contributed by atoms with Crippen LogP contribution in [0.4, 0.5) is 0 Å². The molecule has 0 radical (unpaired) electrons. The van der Waals surface area contributed by atoms with Gasteiger partial charge in [-0.25, -0.2) is 4.68 Å². The predicted molar refractivity (Wildman–Crippen MR) is 92.6 cm³/mol. The minimum atomic E-state index is -0.0389. The highest BCUT2D eigenvalue weighted by Crippen LogP contribution is 2.29. The normalized spacial score (nSPS) is 20.6. The number of ether oxygens (including phenoxy) is 1. The van der Waals surface area contributed by atoms with Crippen molar-refractivity contribution in [1.29, 1.82) is 0 Å². The molecule has 0 amide bonds. The smallest absolute Gasteiger partial charge is 0.268 e. The van der Waals surface area contributed by atoms with Gasteiger partial charge in [0.1, 0.15) is 0 Å². The van der Waals surface area contributed by atoms with E-state index in [4.69, 9.17) is 4.74 Å². The fourth-order valence-corrected chi connectivity index (χ4v) is 3.31. The molecular formula is C19H23N3O2. The van der Waals surface area contributed by atoms with E-state index >= 15 is 0 Å². The molecule has 1 saturated heterocycles. The SMILES string of the molecule is O=c1ccc(-c2ccccc2)nn1CN(CC1CCOC1)C1CC1. The molecule has 1 aliphatic heterocycles. The third-order valence-electron chi connectivity index (χ3n) is 4.83. The molecule has 2 fully saturated rings. The summed E-state index contributed by atoms with van der Waals surface area (Å²) >= 11 is 0. The molecule has 126 valence electrons. The lowest BCUT2D eigenvalue weighted by molar-refractivity contribution is 0.140. The molecule has 24 heavy (non-hydrogen) atoms. The summed E-state index contributed by atoms with van der Waals surface area (Å²) < 4.78 is 7.11. The first-order valence-corrected chi connectivity index (χ1v) is 8.75. The van der Waals surface area contributed by atoms with Crippen LogP contribution in [0.15, 0.2) is 47.3 Å². The van der Waals surface area contributed by atoms with Crippen LogP contribution in [0.25, 0.3) is 11.3 Å². The standard InChI is InChI=1S/C19H23N3O2/c23-19-9-8-18(16-4-2-1-3-5-16)20-22(19)14-21(17-6-7-17)12-15-10-11-24-13-15/h1-5,8-9,15,17H,6-7,10-14H2. The molecule has 0 N–H and O–H groups in total. The summed E-state index contributed by atoms with van der Waals surface area (Å²) in [4.78, 5) is 14.7. The van der Waals surface area contributed by atoms with Crippen molar-refractivity contribution >= 4 is 0 Å².